The van der Waals surface area contributed by atoms with E-state index >= 15 is 0 Å². The number of ketones is 1. The van der Waals surface area contributed by atoms with Crippen LogP contribution in [0.1, 0.15) is 79.8 Å². The van der Waals surface area contributed by atoms with Gasteiger partial charge in [0.1, 0.15) is 18.1 Å². The summed E-state index contributed by atoms with van der Waals surface area (Å²) in [5.74, 6) is -4.24. The molecule has 1 aliphatic carbocycles. The fourth-order valence-electron chi connectivity index (χ4n) is 6.62. The van der Waals surface area contributed by atoms with Crippen molar-refractivity contribution >= 4 is 41.4 Å². The summed E-state index contributed by atoms with van der Waals surface area (Å²) in [6.45, 7) is 14.4. The second kappa shape index (κ2) is 16.0. The summed E-state index contributed by atoms with van der Waals surface area (Å²) in [5.41, 5.74) is -0.406. The summed E-state index contributed by atoms with van der Waals surface area (Å²) in [4.78, 5) is 95.3. The number of ether oxygens (including phenoxy) is 1. The lowest BCUT2D eigenvalue weighted by atomic mass is 9.85. The van der Waals surface area contributed by atoms with Crippen molar-refractivity contribution in [1.82, 2.24) is 31.1 Å². The molecule has 1 aromatic carbocycles. The van der Waals surface area contributed by atoms with Crippen molar-refractivity contribution in [3.05, 3.63) is 35.9 Å². The molecule has 6 atom stereocenters. The molecular weight excluding hydrogens is 644 g/mol. The lowest BCUT2D eigenvalue weighted by Crippen LogP contribution is -2.60. The fourth-order valence-corrected chi connectivity index (χ4v) is 6.62. The number of Topliss-reactive ketones (excluding diaryl/α,β-unsaturated/α-hetero) is 1. The number of piperidine rings is 1. The smallest absolute Gasteiger partial charge is 0.408 e. The highest BCUT2D eigenvalue weighted by Gasteiger charge is 2.70. The zero-order valence-corrected chi connectivity index (χ0v) is 30.9. The molecule has 0 radical (unpaired) electrons. The van der Waals surface area contributed by atoms with Crippen LogP contribution in [-0.2, 0) is 33.5 Å². The van der Waals surface area contributed by atoms with Gasteiger partial charge in [-0.1, -0.05) is 78.3 Å². The number of likely N-dealkylation sites (tertiary alicyclic amines) is 1. The molecule has 1 saturated carbocycles. The number of fused-ring (bicyclic) bond motifs is 1. The number of nitrogens with one attached hydrogen (secondary N) is 4. The molecule has 1 aliphatic heterocycles. The molecule has 2 fully saturated rings. The number of likely N-dealkylation sites (N-methyl/N-ethyl adjacent to an activating group) is 1. The maximum Gasteiger partial charge on any atom is 0.408 e. The van der Waals surface area contributed by atoms with Crippen LogP contribution in [0.25, 0.3) is 0 Å². The van der Waals surface area contributed by atoms with Crippen LogP contribution in [0, 0.1) is 22.7 Å². The Hall–Kier alpha value is -4.49. The van der Waals surface area contributed by atoms with E-state index in [0.29, 0.717) is 18.5 Å². The minimum atomic E-state index is -1.21. The summed E-state index contributed by atoms with van der Waals surface area (Å²) in [6.07, 6.45) is -0.549. The van der Waals surface area contributed by atoms with Gasteiger partial charge in [-0.15, -0.1) is 0 Å². The summed E-state index contributed by atoms with van der Waals surface area (Å²) in [7, 11) is 3.11. The first-order valence-electron chi connectivity index (χ1n) is 17.2. The first-order valence-corrected chi connectivity index (χ1v) is 17.2. The van der Waals surface area contributed by atoms with Gasteiger partial charge in [0.2, 0.25) is 29.4 Å². The highest BCUT2D eigenvalue weighted by atomic mass is 16.6. The lowest BCUT2D eigenvalue weighted by molar-refractivity contribution is -0.145. The van der Waals surface area contributed by atoms with E-state index in [1.54, 1.807) is 86.0 Å². The van der Waals surface area contributed by atoms with Gasteiger partial charge in [-0.05, 0) is 48.5 Å². The summed E-state index contributed by atoms with van der Waals surface area (Å²) in [6, 6.07) is 4.48. The van der Waals surface area contributed by atoms with Gasteiger partial charge >= 0.3 is 6.09 Å². The van der Waals surface area contributed by atoms with E-state index in [2.05, 4.69) is 21.3 Å². The molecule has 276 valence electrons. The van der Waals surface area contributed by atoms with Crippen molar-refractivity contribution in [3.8, 4) is 0 Å². The standard InChI is InChI=1S/C36H54N6O8/c1-11-15-23(28(44)31(46)37-18-24(43)39-26(32(47)41(9)10)21-16-13-12-14-17-21)38-30(45)27-25-22(36(25,7)8)19-42(27)33(48)29(35(4,5)6)40-34(49)50-20(2)3/h12-14,16-17,20,22-23,25-27,29H,11,15,18-19H2,1-10H3,(H,37,46)(H,38,45)(H,39,43)(H,40,49)/t22-,23-,25?,26?,27-,29+/m0/s1. The molecule has 1 heterocycles. The fraction of sp³-hybridized carbons (Fsp3) is 0.639. The van der Waals surface area contributed by atoms with Crippen LogP contribution in [0.2, 0.25) is 0 Å². The zero-order valence-electron chi connectivity index (χ0n) is 30.9. The quantitative estimate of drug-likeness (QED) is 0.213. The van der Waals surface area contributed by atoms with E-state index in [4.69, 9.17) is 4.74 Å². The maximum absolute atomic E-state index is 14.0. The van der Waals surface area contributed by atoms with Gasteiger partial charge in [-0.2, -0.15) is 0 Å². The van der Waals surface area contributed by atoms with Crippen LogP contribution in [0.3, 0.4) is 0 Å². The highest BCUT2D eigenvalue weighted by Crippen LogP contribution is 2.65. The molecule has 2 unspecified atom stereocenters. The van der Waals surface area contributed by atoms with Crippen molar-refractivity contribution in [2.24, 2.45) is 22.7 Å². The summed E-state index contributed by atoms with van der Waals surface area (Å²) >= 11 is 0. The number of alkyl carbamates (subject to hydrolysis) is 1. The van der Waals surface area contributed by atoms with E-state index in [0.717, 1.165) is 0 Å². The second-order valence-corrected chi connectivity index (χ2v) is 15.3. The van der Waals surface area contributed by atoms with Crippen LogP contribution in [0.5, 0.6) is 0 Å². The van der Waals surface area contributed by atoms with Crippen molar-refractivity contribution in [2.45, 2.75) is 98.5 Å². The molecule has 50 heavy (non-hydrogen) atoms. The SMILES string of the molecule is CCC[C@H](NC(=O)[C@@H]1C2[C@H](CN1C(=O)[C@@H](NC(=O)OC(C)C)C(C)(C)C)C2(C)C)C(=O)C(=O)NCC(=O)NC(C(=O)N(C)C)c1ccccc1. The third-order valence-corrected chi connectivity index (χ3v) is 9.45. The monoisotopic (exact) mass is 698 g/mol. The van der Waals surface area contributed by atoms with E-state index in [-0.39, 0.29) is 29.6 Å². The molecule has 0 spiro atoms. The number of hydrogen-bond donors (Lipinski definition) is 4. The van der Waals surface area contributed by atoms with Gasteiger partial charge in [0, 0.05) is 20.6 Å². The largest absolute Gasteiger partial charge is 0.447 e. The Bertz CT molecular complexity index is 1450. The van der Waals surface area contributed by atoms with Crippen LogP contribution in [0.15, 0.2) is 30.3 Å². The molecule has 0 bridgehead atoms. The molecule has 3 rings (SSSR count). The zero-order chi connectivity index (χ0) is 37.7. The average Bonchev–Trinajstić information content (AvgIpc) is 3.33. The summed E-state index contributed by atoms with van der Waals surface area (Å²) < 4.78 is 5.23. The third-order valence-electron chi connectivity index (χ3n) is 9.45. The lowest BCUT2D eigenvalue weighted by Gasteiger charge is -2.37. The predicted molar refractivity (Wildman–Crippen MR) is 185 cm³/mol. The Morgan fingerprint density at radius 2 is 1.60 bits per heavy atom. The average molecular weight is 699 g/mol. The van der Waals surface area contributed by atoms with Gasteiger partial charge in [0.25, 0.3) is 5.91 Å². The molecule has 14 nitrogen and oxygen atoms in total. The van der Waals surface area contributed by atoms with E-state index in [9.17, 15) is 33.6 Å². The Morgan fingerprint density at radius 3 is 2.14 bits per heavy atom. The van der Waals surface area contributed by atoms with Crippen molar-refractivity contribution in [2.75, 3.05) is 27.2 Å². The van der Waals surface area contributed by atoms with Gasteiger partial charge < -0.3 is 35.8 Å². The van der Waals surface area contributed by atoms with Gasteiger partial charge in [-0.25, -0.2) is 4.79 Å². The number of carbonyl (C=O) groups is 7. The van der Waals surface area contributed by atoms with Crippen molar-refractivity contribution < 1.29 is 38.3 Å². The predicted octanol–water partition coefficient (Wildman–Crippen LogP) is 1.93. The van der Waals surface area contributed by atoms with Crippen LogP contribution in [0.4, 0.5) is 4.79 Å². The number of carbonyl (C=O) groups excluding carboxylic acids is 7. The molecule has 1 saturated heterocycles. The molecule has 1 aromatic rings. The maximum atomic E-state index is 14.0. The topological polar surface area (TPSA) is 183 Å². The van der Waals surface area contributed by atoms with Crippen molar-refractivity contribution in [3.63, 3.8) is 0 Å². The van der Waals surface area contributed by atoms with Crippen molar-refractivity contribution in [1.29, 1.82) is 0 Å². The molecule has 6 amide bonds. The minimum Gasteiger partial charge on any atom is -0.447 e. The second-order valence-electron chi connectivity index (χ2n) is 15.3. The normalized spacial score (nSPS) is 20.8. The van der Waals surface area contributed by atoms with Crippen LogP contribution < -0.4 is 21.3 Å². The first-order chi connectivity index (χ1) is 23.2. The molecular formula is C36H54N6O8. The molecule has 14 heteroatoms. The Kier molecular flexibility index (Phi) is 12.8. The van der Waals surface area contributed by atoms with Crippen LogP contribution in [-0.4, -0.2) is 103 Å². The van der Waals surface area contributed by atoms with E-state index < -0.39 is 77.7 Å². The number of amides is 6. The first kappa shape index (κ1) is 39.9. The van der Waals surface area contributed by atoms with E-state index in [1.807, 2.05) is 13.8 Å². The number of benzene rings is 1. The minimum absolute atomic E-state index is 0.0339. The number of nitrogens with zero attached hydrogens (tertiary/aromatic N) is 2. The molecule has 2 aliphatic rings. The summed E-state index contributed by atoms with van der Waals surface area (Å²) in [5, 5.41) is 10.3. The van der Waals surface area contributed by atoms with Gasteiger partial charge in [0.05, 0.1) is 18.7 Å². The van der Waals surface area contributed by atoms with Gasteiger partial charge in [-0.3, -0.25) is 28.8 Å². The third kappa shape index (κ3) is 9.39. The van der Waals surface area contributed by atoms with E-state index in [1.165, 1.54) is 9.80 Å². The Morgan fingerprint density at radius 1 is 0.980 bits per heavy atom. The molecule has 0 aromatic heterocycles. The molecule has 4 N–H and O–H groups in total. The van der Waals surface area contributed by atoms with Crippen LogP contribution >= 0.6 is 0 Å². The highest BCUT2D eigenvalue weighted by molar-refractivity contribution is 6.38. The Labute approximate surface area is 294 Å². The Balaban J connectivity index is 1.72. The number of rotatable bonds is 14. The number of hydrogen-bond acceptors (Lipinski definition) is 8. The van der Waals surface area contributed by atoms with Gasteiger partial charge in [0.15, 0.2) is 0 Å².